The Balaban J connectivity index is 1.20. The number of hydrogen-bond donors (Lipinski definition) is 2. The van der Waals surface area contributed by atoms with E-state index in [4.69, 9.17) is 4.74 Å². The minimum atomic E-state index is -0.732. The molecule has 1 spiro atoms. The number of ether oxygens (including phenoxy) is 1. The van der Waals surface area contributed by atoms with E-state index in [-0.39, 0.29) is 11.8 Å². The fourth-order valence-corrected chi connectivity index (χ4v) is 5.56. The van der Waals surface area contributed by atoms with Gasteiger partial charge in [0.15, 0.2) is 0 Å². The maximum absolute atomic E-state index is 13.6. The number of likely N-dealkylation sites (tertiary alicyclic amines) is 1. The van der Waals surface area contributed by atoms with Gasteiger partial charge < -0.3 is 15.0 Å². The molecular formula is C31H35N3O3. The quantitative estimate of drug-likeness (QED) is 0.437. The van der Waals surface area contributed by atoms with Crippen LogP contribution in [0.4, 0.5) is 0 Å². The topological polar surface area (TPSA) is 70.7 Å². The fourth-order valence-electron chi connectivity index (χ4n) is 5.56. The van der Waals surface area contributed by atoms with E-state index in [9.17, 15) is 9.59 Å². The van der Waals surface area contributed by atoms with E-state index in [1.54, 1.807) is 0 Å². The number of benzene rings is 3. The molecule has 0 aromatic heterocycles. The van der Waals surface area contributed by atoms with E-state index < -0.39 is 11.2 Å². The third kappa shape index (κ3) is 6.03. The normalized spacial score (nSPS) is 17.9. The molecule has 2 fully saturated rings. The first-order valence-corrected chi connectivity index (χ1v) is 13.2. The molecule has 3 aromatic carbocycles. The van der Waals surface area contributed by atoms with Gasteiger partial charge >= 0.3 is 0 Å². The Bertz CT molecular complexity index is 1130. The lowest BCUT2D eigenvalue weighted by atomic mass is 9.84. The van der Waals surface area contributed by atoms with Crippen molar-refractivity contribution >= 4 is 11.8 Å². The van der Waals surface area contributed by atoms with E-state index >= 15 is 0 Å². The zero-order chi connectivity index (χ0) is 25.6. The van der Waals surface area contributed by atoms with Crippen molar-refractivity contribution < 1.29 is 14.3 Å². The summed E-state index contributed by atoms with van der Waals surface area (Å²) in [6, 6.07) is 30.1. The summed E-state index contributed by atoms with van der Waals surface area (Å²) in [7, 11) is 0. The van der Waals surface area contributed by atoms with Crippen molar-refractivity contribution in [3.05, 3.63) is 102 Å². The summed E-state index contributed by atoms with van der Waals surface area (Å²) in [5.74, 6) is 1.01. The van der Waals surface area contributed by atoms with Crippen LogP contribution in [0.5, 0.6) is 5.75 Å². The van der Waals surface area contributed by atoms with Gasteiger partial charge in [-0.1, -0.05) is 78.9 Å². The van der Waals surface area contributed by atoms with E-state index in [1.165, 1.54) is 0 Å². The van der Waals surface area contributed by atoms with Gasteiger partial charge in [0.1, 0.15) is 11.3 Å². The molecule has 2 amide bonds. The highest BCUT2D eigenvalue weighted by Crippen LogP contribution is 2.33. The molecule has 2 saturated heterocycles. The van der Waals surface area contributed by atoms with Crippen molar-refractivity contribution in [2.75, 3.05) is 19.7 Å². The van der Waals surface area contributed by atoms with Gasteiger partial charge in [-0.2, -0.15) is 0 Å². The SMILES string of the molecule is O=C(CCCOc1ccccc1)N1CCC2(CC1)NC(=O)C(Cc1ccccc1)(Cc1ccccc1)N2. The summed E-state index contributed by atoms with van der Waals surface area (Å²) < 4.78 is 5.72. The van der Waals surface area contributed by atoms with Gasteiger partial charge in [-0.15, -0.1) is 0 Å². The lowest BCUT2D eigenvalue weighted by Crippen LogP contribution is -2.60. The van der Waals surface area contributed by atoms with Crippen LogP contribution in [0.1, 0.15) is 36.8 Å². The second kappa shape index (κ2) is 11.2. The summed E-state index contributed by atoms with van der Waals surface area (Å²) in [6.45, 7) is 1.77. The highest BCUT2D eigenvalue weighted by Gasteiger charge is 2.54. The van der Waals surface area contributed by atoms with Crippen LogP contribution in [0.15, 0.2) is 91.0 Å². The lowest BCUT2D eigenvalue weighted by Gasteiger charge is -2.41. The van der Waals surface area contributed by atoms with Gasteiger partial charge in [-0.3, -0.25) is 14.9 Å². The Kier molecular flexibility index (Phi) is 7.56. The number of piperidine rings is 1. The molecule has 0 saturated carbocycles. The molecule has 0 bridgehead atoms. The Morgan fingerprint density at radius 3 is 1.92 bits per heavy atom. The van der Waals surface area contributed by atoms with Crippen molar-refractivity contribution in [2.24, 2.45) is 0 Å². The van der Waals surface area contributed by atoms with Crippen LogP contribution in [-0.2, 0) is 22.4 Å². The second-order valence-electron chi connectivity index (χ2n) is 10.2. The van der Waals surface area contributed by atoms with Gasteiger partial charge in [-0.05, 0) is 42.5 Å². The van der Waals surface area contributed by atoms with Gasteiger partial charge in [0, 0.05) is 32.4 Å². The van der Waals surface area contributed by atoms with Crippen molar-refractivity contribution in [2.45, 2.75) is 49.7 Å². The Morgan fingerprint density at radius 1 is 0.811 bits per heavy atom. The standard InChI is InChI=1S/C31H35N3O3/c35-28(17-10-22-37-27-15-8-3-9-16-27)34-20-18-31(19-21-34)32-29(36)30(33-31,23-25-11-4-1-5-12-25)24-26-13-6-2-7-14-26/h1-9,11-16,33H,10,17-24H2,(H,32,36). The molecule has 2 heterocycles. The highest BCUT2D eigenvalue weighted by molar-refractivity contribution is 5.90. The van der Waals surface area contributed by atoms with Gasteiger partial charge in [-0.25, -0.2) is 0 Å². The fraction of sp³-hybridized carbons (Fsp3) is 0.355. The molecule has 6 nitrogen and oxygen atoms in total. The zero-order valence-corrected chi connectivity index (χ0v) is 21.2. The van der Waals surface area contributed by atoms with Crippen LogP contribution in [0.25, 0.3) is 0 Å². The molecule has 0 atom stereocenters. The number of nitrogens with zero attached hydrogens (tertiary/aromatic N) is 1. The van der Waals surface area contributed by atoms with Crippen molar-refractivity contribution in [1.82, 2.24) is 15.5 Å². The van der Waals surface area contributed by atoms with Crippen LogP contribution < -0.4 is 15.4 Å². The van der Waals surface area contributed by atoms with E-state index in [1.807, 2.05) is 71.6 Å². The van der Waals surface area contributed by atoms with Crippen LogP contribution in [0, 0.1) is 0 Å². The summed E-state index contributed by atoms with van der Waals surface area (Å²) in [5, 5.41) is 7.10. The van der Waals surface area contributed by atoms with E-state index in [0.717, 1.165) is 16.9 Å². The Labute approximate surface area is 219 Å². The first-order valence-electron chi connectivity index (χ1n) is 13.2. The molecule has 2 N–H and O–H groups in total. The molecule has 5 rings (SSSR count). The van der Waals surface area contributed by atoms with Crippen molar-refractivity contribution in [3.8, 4) is 5.75 Å². The highest BCUT2D eigenvalue weighted by atomic mass is 16.5. The average molecular weight is 498 g/mol. The molecule has 0 aliphatic carbocycles. The third-order valence-electron chi connectivity index (χ3n) is 7.48. The van der Waals surface area contributed by atoms with E-state index in [2.05, 4.69) is 34.9 Å². The monoisotopic (exact) mass is 497 g/mol. The third-order valence-corrected chi connectivity index (χ3v) is 7.48. The van der Waals surface area contributed by atoms with Gasteiger partial charge in [0.2, 0.25) is 11.8 Å². The number of para-hydroxylation sites is 1. The molecule has 37 heavy (non-hydrogen) atoms. The first kappa shape index (κ1) is 25.0. The number of nitrogens with one attached hydrogen (secondary N) is 2. The summed E-state index contributed by atoms with van der Waals surface area (Å²) >= 11 is 0. The van der Waals surface area contributed by atoms with Crippen molar-refractivity contribution in [1.29, 1.82) is 0 Å². The largest absolute Gasteiger partial charge is 0.494 e. The smallest absolute Gasteiger partial charge is 0.242 e. The summed E-state index contributed by atoms with van der Waals surface area (Å²) in [6.07, 6.45) is 3.75. The summed E-state index contributed by atoms with van der Waals surface area (Å²) in [4.78, 5) is 28.4. The lowest BCUT2D eigenvalue weighted by molar-refractivity contribution is -0.133. The molecule has 2 aliphatic heterocycles. The average Bonchev–Trinajstić information content (AvgIpc) is 3.18. The van der Waals surface area contributed by atoms with Crippen LogP contribution >= 0.6 is 0 Å². The zero-order valence-electron chi connectivity index (χ0n) is 21.2. The molecule has 6 heteroatoms. The summed E-state index contributed by atoms with van der Waals surface area (Å²) in [5.41, 5.74) is 1.03. The predicted molar refractivity (Wildman–Crippen MR) is 144 cm³/mol. The van der Waals surface area contributed by atoms with Crippen LogP contribution in [0.3, 0.4) is 0 Å². The molecule has 3 aromatic rings. The second-order valence-corrected chi connectivity index (χ2v) is 10.2. The number of hydrogen-bond acceptors (Lipinski definition) is 4. The minimum Gasteiger partial charge on any atom is -0.494 e. The Hall–Kier alpha value is -3.64. The van der Waals surface area contributed by atoms with E-state index in [0.29, 0.717) is 58.2 Å². The molecule has 2 aliphatic rings. The van der Waals surface area contributed by atoms with Crippen LogP contribution in [0.2, 0.25) is 0 Å². The van der Waals surface area contributed by atoms with Crippen LogP contribution in [-0.4, -0.2) is 47.6 Å². The molecule has 0 radical (unpaired) electrons. The number of rotatable bonds is 9. The van der Waals surface area contributed by atoms with Crippen molar-refractivity contribution in [3.63, 3.8) is 0 Å². The molecule has 192 valence electrons. The van der Waals surface area contributed by atoms with Gasteiger partial charge in [0.05, 0.1) is 12.3 Å². The molecule has 0 unspecified atom stereocenters. The molecular weight excluding hydrogens is 462 g/mol. The first-order chi connectivity index (χ1) is 18.1. The minimum absolute atomic E-state index is 0.0399. The number of carbonyl (C=O) groups is 2. The Morgan fingerprint density at radius 2 is 1.35 bits per heavy atom. The number of carbonyl (C=O) groups excluding carboxylic acids is 2. The number of amides is 2. The predicted octanol–water partition coefficient (Wildman–Crippen LogP) is 4.11. The van der Waals surface area contributed by atoms with Gasteiger partial charge in [0.25, 0.3) is 0 Å². The maximum Gasteiger partial charge on any atom is 0.242 e. The maximum atomic E-state index is 13.6.